The quantitative estimate of drug-likeness (QED) is 0.856. The lowest BCUT2D eigenvalue weighted by Crippen LogP contribution is -2.38. The van der Waals surface area contributed by atoms with E-state index < -0.39 is 10.0 Å². The smallest absolute Gasteiger partial charge is 0.211 e. The average molecular weight is 255 g/mol. The summed E-state index contributed by atoms with van der Waals surface area (Å²) in [6.07, 6.45) is 2.58. The van der Waals surface area contributed by atoms with Crippen LogP contribution in [0, 0.1) is 0 Å². The van der Waals surface area contributed by atoms with E-state index in [1.807, 2.05) is 18.2 Å². The van der Waals surface area contributed by atoms with Gasteiger partial charge in [0.1, 0.15) is 5.82 Å². The highest BCUT2D eigenvalue weighted by atomic mass is 32.2. The van der Waals surface area contributed by atoms with Gasteiger partial charge in [0.05, 0.1) is 5.75 Å². The van der Waals surface area contributed by atoms with E-state index >= 15 is 0 Å². The maximum Gasteiger partial charge on any atom is 0.211 e. The van der Waals surface area contributed by atoms with Gasteiger partial charge < -0.3 is 4.90 Å². The van der Waals surface area contributed by atoms with Crippen LogP contribution in [0.4, 0.5) is 5.82 Å². The van der Waals surface area contributed by atoms with Gasteiger partial charge in [-0.05, 0) is 25.5 Å². The Bertz CT molecular complexity index is 461. The molecule has 1 fully saturated rings. The Kier molecular flexibility index (Phi) is 3.63. The fourth-order valence-electron chi connectivity index (χ4n) is 1.94. The number of anilines is 1. The maximum atomic E-state index is 11.5. The number of nitrogens with one attached hydrogen (secondary N) is 1. The zero-order valence-electron chi connectivity index (χ0n) is 9.83. The minimum atomic E-state index is -3.11. The summed E-state index contributed by atoms with van der Waals surface area (Å²) in [5.74, 6) is 1.04. The van der Waals surface area contributed by atoms with Crippen LogP contribution < -0.4 is 9.62 Å². The van der Waals surface area contributed by atoms with Crippen LogP contribution in [0.25, 0.3) is 0 Å². The molecule has 1 saturated heterocycles. The molecule has 1 aliphatic heterocycles. The average Bonchev–Trinajstić information content (AvgIpc) is 2.78. The summed E-state index contributed by atoms with van der Waals surface area (Å²) >= 11 is 0. The largest absolute Gasteiger partial charge is 0.355 e. The van der Waals surface area contributed by atoms with E-state index in [9.17, 15) is 8.42 Å². The second-order valence-electron chi connectivity index (χ2n) is 4.14. The zero-order chi connectivity index (χ0) is 12.3. The van der Waals surface area contributed by atoms with Gasteiger partial charge in [0, 0.05) is 25.3 Å². The molecule has 1 N–H and O–H groups in total. The first-order valence-corrected chi connectivity index (χ1v) is 7.42. The molecule has 1 aromatic rings. The summed E-state index contributed by atoms with van der Waals surface area (Å²) in [6.45, 7) is 3.18. The molecule has 0 aromatic carbocycles. The van der Waals surface area contributed by atoms with Crippen LogP contribution in [0.3, 0.4) is 0 Å². The molecule has 94 valence electrons. The molecule has 0 aliphatic carbocycles. The van der Waals surface area contributed by atoms with Crippen LogP contribution >= 0.6 is 0 Å². The summed E-state index contributed by atoms with van der Waals surface area (Å²) in [4.78, 5) is 6.36. The van der Waals surface area contributed by atoms with Gasteiger partial charge in [-0.3, -0.25) is 0 Å². The minimum Gasteiger partial charge on any atom is -0.355 e. The highest BCUT2D eigenvalue weighted by Gasteiger charge is 2.26. The van der Waals surface area contributed by atoms with Crippen molar-refractivity contribution in [3.8, 4) is 0 Å². The van der Waals surface area contributed by atoms with Crippen LogP contribution in [-0.2, 0) is 10.0 Å². The van der Waals surface area contributed by atoms with Gasteiger partial charge in [-0.2, -0.15) is 0 Å². The monoisotopic (exact) mass is 255 g/mol. The Morgan fingerprint density at radius 3 is 3.00 bits per heavy atom. The first-order valence-electron chi connectivity index (χ1n) is 5.76. The van der Waals surface area contributed by atoms with Crippen LogP contribution in [0.2, 0.25) is 0 Å². The Labute approximate surface area is 102 Å². The van der Waals surface area contributed by atoms with Gasteiger partial charge in [0.15, 0.2) is 0 Å². The van der Waals surface area contributed by atoms with Gasteiger partial charge in [0.2, 0.25) is 10.0 Å². The lowest BCUT2D eigenvalue weighted by Gasteiger charge is -2.17. The number of nitrogens with zero attached hydrogens (tertiary/aromatic N) is 2. The molecule has 0 spiro atoms. The van der Waals surface area contributed by atoms with E-state index in [4.69, 9.17) is 0 Å². The number of rotatable bonds is 4. The SMILES string of the molecule is CCS(=O)(=O)NC1CCN(c2ccccn2)C1. The predicted octanol–water partition coefficient (Wildman–Crippen LogP) is 0.600. The lowest BCUT2D eigenvalue weighted by atomic mass is 10.3. The number of sulfonamides is 1. The van der Waals surface area contributed by atoms with E-state index in [-0.39, 0.29) is 11.8 Å². The second kappa shape index (κ2) is 5.01. The van der Waals surface area contributed by atoms with Gasteiger partial charge in [-0.1, -0.05) is 6.07 Å². The third kappa shape index (κ3) is 3.17. The molecule has 1 aliphatic rings. The maximum absolute atomic E-state index is 11.5. The molecule has 1 atom stereocenters. The summed E-state index contributed by atoms with van der Waals surface area (Å²) < 4.78 is 25.6. The topological polar surface area (TPSA) is 62.3 Å². The van der Waals surface area contributed by atoms with E-state index in [1.165, 1.54) is 0 Å². The molecule has 2 heterocycles. The second-order valence-corrected chi connectivity index (χ2v) is 6.18. The van der Waals surface area contributed by atoms with E-state index in [0.29, 0.717) is 6.54 Å². The zero-order valence-corrected chi connectivity index (χ0v) is 10.7. The van der Waals surface area contributed by atoms with Crippen molar-refractivity contribution in [2.24, 2.45) is 0 Å². The number of hydrogen-bond acceptors (Lipinski definition) is 4. The molecule has 17 heavy (non-hydrogen) atoms. The van der Waals surface area contributed by atoms with E-state index in [2.05, 4.69) is 14.6 Å². The van der Waals surface area contributed by atoms with Crippen molar-refractivity contribution in [3.63, 3.8) is 0 Å². The summed E-state index contributed by atoms with van der Waals surface area (Å²) in [6, 6.07) is 5.75. The van der Waals surface area contributed by atoms with Gasteiger partial charge >= 0.3 is 0 Å². The molecular weight excluding hydrogens is 238 g/mol. The van der Waals surface area contributed by atoms with Crippen LogP contribution in [-0.4, -0.2) is 38.3 Å². The van der Waals surface area contributed by atoms with Crippen molar-refractivity contribution in [2.45, 2.75) is 19.4 Å². The highest BCUT2D eigenvalue weighted by molar-refractivity contribution is 7.89. The van der Waals surface area contributed by atoms with Crippen LogP contribution in [0.1, 0.15) is 13.3 Å². The summed E-state index contributed by atoms with van der Waals surface area (Å²) in [5, 5.41) is 0. The van der Waals surface area contributed by atoms with Gasteiger partial charge in [-0.25, -0.2) is 18.1 Å². The first-order chi connectivity index (χ1) is 8.11. The predicted molar refractivity (Wildman–Crippen MR) is 67.5 cm³/mol. The van der Waals surface area contributed by atoms with Crippen molar-refractivity contribution in [3.05, 3.63) is 24.4 Å². The molecule has 5 nitrogen and oxygen atoms in total. The van der Waals surface area contributed by atoms with Gasteiger partial charge in [0.25, 0.3) is 0 Å². The highest BCUT2D eigenvalue weighted by Crippen LogP contribution is 2.17. The first kappa shape index (κ1) is 12.3. The van der Waals surface area contributed by atoms with Crippen molar-refractivity contribution >= 4 is 15.8 Å². The normalized spacial score (nSPS) is 20.8. The lowest BCUT2D eigenvalue weighted by molar-refractivity contribution is 0.562. The molecule has 0 radical (unpaired) electrons. The van der Waals surface area contributed by atoms with E-state index in [0.717, 1.165) is 18.8 Å². The summed E-state index contributed by atoms with van der Waals surface area (Å²) in [5.41, 5.74) is 0. The summed E-state index contributed by atoms with van der Waals surface area (Å²) in [7, 11) is -3.11. The third-order valence-electron chi connectivity index (χ3n) is 2.89. The third-order valence-corrected chi connectivity index (χ3v) is 4.34. The van der Waals surface area contributed by atoms with Crippen molar-refractivity contribution < 1.29 is 8.42 Å². The molecule has 6 heteroatoms. The molecular formula is C11H17N3O2S. The Morgan fingerprint density at radius 1 is 1.53 bits per heavy atom. The number of aromatic nitrogens is 1. The number of hydrogen-bond donors (Lipinski definition) is 1. The standard InChI is InChI=1S/C11H17N3O2S/c1-2-17(15,16)13-10-6-8-14(9-10)11-5-3-4-7-12-11/h3-5,7,10,13H,2,6,8-9H2,1H3. The number of pyridine rings is 1. The molecule has 0 bridgehead atoms. The Morgan fingerprint density at radius 2 is 2.35 bits per heavy atom. The van der Waals surface area contributed by atoms with Crippen molar-refractivity contribution in [1.82, 2.24) is 9.71 Å². The van der Waals surface area contributed by atoms with Gasteiger partial charge in [-0.15, -0.1) is 0 Å². The van der Waals surface area contributed by atoms with Crippen molar-refractivity contribution in [2.75, 3.05) is 23.7 Å². The molecule has 1 unspecified atom stereocenters. The minimum absolute atomic E-state index is 0.00181. The van der Waals surface area contributed by atoms with E-state index in [1.54, 1.807) is 13.1 Å². The fourth-order valence-corrected chi connectivity index (χ4v) is 2.81. The van der Waals surface area contributed by atoms with Crippen LogP contribution in [0.15, 0.2) is 24.4 Å². The molecule has 2 rings (SSSR count). The molecule has 0 amide bonds. The van der Waals surface area contributed by atoms with Crippen LogP contribution in [0.5, 0.6) is 0 Å². The van der Waals surface area contributed by atoms with Crippen molar-refractivity contribution in [1.29, 1.82) is 0 Å². The fraction of sp³-hybridized carbons (Fsp3) is 0.545. The molecule has 1 aromatic heterocycles. The molecule has 0 saturated carbocycles. The Hall–Kier alpha value is -1.14. The Balaban J connectivity index is 1.97.